The summed E-state index contributed by atoms with van der Waals surface area (Å²) < 4.78 is 10.3. The van der Waals surface area contributed by atoms with Crippen LogP contribution < -0.4 is 4.74 Å². The highest BCUT2D eigenvalue weighted by molar-refractivity contribution is 5.81. The van der Waals surface area contributed by atoms with E-state index < -0.39 is 0 Å². The maximum Gasteiger partial charge on any atom is 0.137 e. The van der Waals surface area contributed by atoms with Gasteiger partial charge in [0.15, 0.2) is 0 Å². The van der Waals surface area contributed by atoms with Crippen LogP contribution in [0.15, 0.2) is 22.8 Å². The molecule has 2 aromatic rings. The summed E-state index contributed by atoms with van der Waals surface area (Å²) in [4.78, 5) is 0. The number of rotatable bonds is 1. The van der Waals surface area contributed by atoms with Gasteiger partial charge in [0.1, 0.15) is 11.3 Å². The molecule has 0 saturated carbocycles. The molecule has 0 aliphatic carbocycles. The minimum absolute atomic E-state index is 0.718. The molecule has 0 saturated heterocycles. The average molecular weight is 161 g/mol. The molecule has 1 radical (unpaired) electrons. The Morgan fingerprint density at radius 1 is 1.50 bits per heavy atom. The van der Waals surface area contributed by atoms with Crippen LogP contribution in [0.25, 0.3) is 11.0 Å². The second kappa shape index (κ2) is 2.55. The van der Waals surface area contributed by atoms with Crippen molar-refractivity contribution >= 4 is 11.0 Å². The second-order valence-corrected chi connectivity index (χ2v) is 2.66. The van der Waals surface area contributed by atoms with Crippen molar-refractivity contribution in [2.75, 3.05) is 7.11 Å². The largest absolute Gasteiger partial charge is 0.496 e. The zero-order valence-electron chi connectivity index (χ0n) is 7.05. The van der Waals surface area contributed by atoms with E-state index in [0.29, 0.717) is 0 Å². The minimum atomic E-state index is 0.718. The molecule has 0 bridgehead atoms. The van der Waals surface area contributed by atoms with E-state index in [2.05, 4.69) is 6.07 Å². The molecule has 0 amide bonds. The lowest BCUT2D eigenvalue weighted by molar-refractivity contribution is 0.413. The Bertz CT molecular complexity index is 401. The van der Waals surface area contributed by atoms with E-state index >= 15 is 0 Å². The fourth-order valence-electron chi connectivity index (χ4n) is 1.26. The summed E-state index contributed by atoms with van der Waals surface area (Å²) in [5.41, 5.74) is 1.90. The number of aryl methyl sites for hydroxylation is 1. The molecule has 2 heteroatoms. The first-order valence-corrected chi connectivity index (χ1v) is 3.75. The quantitative estimate of drug-likeness (QED) is 0.641. The molecule has 0 N–H and O–H groups in total. The van der Waals surface area contributed by atoms with E-state index in [4.69, 9.17) is 9.15 Å². The van der Waals surface area contributed by atoms with Gasteiger partial charge in [0, 0.05) is 17.5 Å². The van der Waals surface area contributed by atoms with Gasteiger partial charge in [0.25, 0.3) is 0 Å². The minimum Gasteiger partial charge on any atom is -0.496 e. The van der Waals surface area contributed by atoms with Crippen LogP contribution in [0.5, 0.6) is 5.75 Å². The van der Waals surface area contributed by atoms with Gasteiger partial charge < -0.3 is 9.15 Å². The molecule has 2 nitrogen and oxygen atoms in total. The number of ether oxygens (including phenoxy) is 1. The van der Waals surface area contributed by atoms with Crippen molar-refractivity contribution in [3.05, 3.63) is 30.0 Å². The highest BCUT2D eigenvalue weighted by Crippen LogP contribution is 2.24. The monoisotopic (exact) mass is 161 g/mol. The Balaban J connectivity index is 2.75. The zero-order valence-corrected chi connectivity index (χ0v) is 7.05. The van der Waals surface area contributed by atoms with Gasteiger partial charge in [0.2, 0.25) is 0 Å². The molecule has 1 aromatic carbocycles. The summed E-state index contributed by atoms with van der Waals surface area (Å²) in [6.07, 6.45) is 1.67. The molecule has 0 aliphatic heterocycles. The highest BCUT2D eigenvalue weighted by Gasteiger charge is 2.03. The summed E-state index contributed by atoms with van der Waals surface area (Å²) in [5, 5.41) is 1.09. The molecular formula is C10H9O2. The molecule has 0 spiro atoms. The average Bonchev–Trinajstić information content (AvgIpc) is 2.52. The van der Waals surface area contributed by atoms with Crippen LogP contribution in [0.1, 0.15) is 5.56 Å². The Morgan fingerprint density at radius 3 is 3.08 bits per heavy atom. The molecule has 12 heavy (non-hydrogen) atoms. The number of hydrogen-bond donors (Lipinski definition) is 0. The SMILES string of the molecule is COc1[c]c(C)c2ccoc2c1. The van der Waals surface area contributed by atoms with Crippen LogP contribution in [0, 0.1) is 13.0 Å². The molecule has 0 atom stereocenters. The number of benzene rings is 1. The Kier molecular flexibility index (Phi) is 1.54. The van der Waals surface area contributed by atoms with Gasteiger partial charge in [-0.25, -0.2) is 0 Å². The van der Waals surface area contributed by atoms with E-state index in [9.17, 15) is 0 Å². The van der Waals surface area contributed by atoms with Crippen LogP contribution >= 0.6 is 0 Å². The van der Waals surface area contributed by atoms with Gasteiger partial charge in [-0.2, -0.15) is 0 Å². The van der Waals surface area contributed by atoms with Crippen LogP contribution in [0.2, 0.25) is 0 Å². The number of methoxy groups -OCH3 is 1. The van der Waals surface area contributed by atoms with Gasteiger partial charge in [-0.05, 0) is 18.6 Å². The van der Waals surface area contributed by atoms with Gasteiger partial charge in [-0.3, -0.25) is 0 Å². The zero-order chi connectivity index (χ0) is 8.55. The maximum atomic E-state index is 5.24. The lowest BCUT2D eigenvalue weighted by atomic mass is 10.1. The summed E-state index contributed by atoms with van der Waals surface area (Å²) in [5.74, 6) is 0.718. The first-order chi connectivity index (χ1) is 5.81. The third-order valence-corrected chi connectivity index (χ3v) is 1.89. The van der Waals surface area contributed by atoms with Gasteiger partial charge in [-0.1, -0.05) is 0 Å². The fraction of sp³-hybridized carbons (Fsp3) is 0.200. The van der Waals surface area contributed by atoms with Gasteiger partial charge >= 0.3 is 0 Å². The predicted molar refractivity (Wildman–Crippen MR) is 46.3 cm³/mol. The van der Waals surface area contributed by atoms with Gasteiger partial charge in [-0.15, -0.1) is 0 Å². The van der Waals surface area contributed by atoms with E-state index in [0.717, 1.165) is 22.3 Å². The van der Waals surface area contributed by atoms with Gasteiger partial charge in [0.05, 0.1) is 13.4 Å². The second-order valence-electron chi connectivity index (χ2n) is 2.66. The number of furan rings is 1. The van der Waals surface area contributed by atoms with Crippen LogP contribution in [0.4, 0.5) is 0 Å². The van der Waals surface area contributed by atoms with Crippen molar-refractivity contribution in [3.63, 3.8) is 0 Å². The van der Waals surface area contributed by atoms with E-state index in [1.807, 2.05) is 19.1 Å². The van der Waals surface area contributed by atoms with Crippen molar-refractivity contribution in [3.8, 4) is 5.75 Å². The molecule has 61 valence electrons. The third kappa shape index (κ3) is 0.961. The maximum absolute atomic E-state index is 5.24. The standard InChI is InChI=1S/C10H9O2/c1-7-5-8(11-2)6-10-9(7)3-4-12-10/h3-4,6H,1-2H3. The molecule has 0 aliphatic rings. The molecular weight excluding hydrogens is 152 g/mol. The van der Waals surface area contributed by atoms with Crippen LogP contribution in [-0.4, -0.2) is 7.11 Å². The van der Waals surface area contributed by atoms with Crippen molar-refractivity contribution in [1.82, 2.24) is 0 Å². The number of hydrogen-bond acceptors (Lipinski definition) is 2. The van der Waals surface area contributed by atoms with Crippen molar-refractivity contribution in [1.29, 1.82) is 0 Å². The Labute approximate surface area is 70.8 Å². The molecule has 0 fully saturated rings. The summed E-state index contributed by atoms with van der Waals surface area (Å²) >= 11 is 0. The smallest absolute Gasteiger partial charge is 0.137 e. The first kappa shape index (κ1) is 7.22. The summed E-state index contributed by atoms with van der Waals surface area (Å²) in [6, 6.07) is 6.87. The first-order valence-electron chi connectivity index (χ1n) is 3.75. The molecule has 0 unspecified atom stereocenters. The topological polar surface area (TPSA) is 22.4 Å². The Morgan fingerprint density at radius 2 is 2.33 bits per heavy atom. The number of fused-ring (bicyclic) bond motifs is 1. The molecule has 2 rings (SSSR count). The lowest BCUT2D eigenvalue weighted by Gasteiger charge is -2.00. The summed E-state index contributed by atoms with van der Waals surface area (Å²) in [7, 11) is 1.63. The van der Waals surface area contributed by atoms with E-state index in [1.165, 1.54) is 0 Å². The van der Waals surface area contributed by atoms with Crippen molar-refractivity contribution < 1.29 is 9.15 Å². The predicted octanol–water partition coefficient (Wildman–Crippen LogP) is 2.55. The van der Waals surface area contributed by atoms with Crippen LogP contribution in [-0.2, 0) is 0 Å². The molecule has 1 aromatic heterocycles. The van der Waals surface area contributed by atoms with Crippen molar-refractivity contribution in [2.45, 2.75) is 6.92 Å². The van der Waals surface area contributed by atoms with E-state index in [1.54, 1.807) is 13.4 Å². The third-order valence-electron chi connectivity index (χ3n) is 1.89. The van der Waals surface area contributed by atoms with E-state index in [-0.39, 0.29) is 0 Å². The van der Waals surface area contributed by atoms with Crippen LogP contribution in [0.3, 0.4) is 0 Å². The lowest BCUT2D eigenvalue weighted by Crippen LogP contribution is -1.83. The summed E-state index contributed by atoms with van der Waals surface area (Å²) in [6.45, 7) is 1.99. The fourth-order valence-corrected chi connectivity index (χ4v) is 1.26. The highest BCUT2D eigenvalue weighted by atomic mass is 16.5. The molecule has 1 heterocycles. The van der Waals surface area contributed by atoms with Crippen molar-refractivity contribution in [2.24, 2.45) is 0 Å². The Hall–Kier alpha value is -1.44. The normalized spacial score (nSPS) is 10.5.